The van der Waals surface area contributed by atoms with E-state index >= 15 is 0 Å². The summed E-state index contributed by atoms with van der Waals surface area (Å²) in [6, 6.07) is 1.68. The normalized spacial score (nSPS) is 11.1. The molecule has 21 heavy (non-hydrogen) atoms. The fourth-order valence-electron chi connectivity index (χ4n) is 1.83. The van der Waals surface area contributed by atoms with Crippen molar-refractivity contribution < 1.29 is 22.7 Å². The van der Waals surface area contributed by atoms with Crippen molar-refractivity contribution >= 4 is 5.97 Å². The van der Waals surface area contributed by atoms with E-state index in [1.165, 1.54) is 4.68 Å². The van der Waals surface area contributed by atoms with Crippen LogP contribution in [0.2, 0.25) is 0 Å². The predicted molar refractivity (Wildman–Crippen MR) is 69.0 cm³/mol. The molecule has 0 aliphatic rings. The molecule has 0 N–H and O–H groups in total. The summed E-state index contributed by atoms with van der Waals surface area (Å²) >= 11 is 0. The zero-order valence-corrected chi connectivity index (χ0v) is 11.9. The molecule has 0 aliphatic heterocycles. The van der Waals surface area contributed by atoms with Crippen molar-refractivity contribution in [2.75, 3.05) is 6.61 Å². The lowest BCUT2D eigenvalue weighted by Gasteiger charge is -1.99. The number of carbonyl (C=O) groups is 1. The van der Waals surface area contributed by atoms with Gasteiger partial charge in [0.1, 0.15) is 5.69 Å². The maximum absolute atomic E-state index is 13.0. The minimum absolute atomic E-state index is 0.0588. The van der Waals surface area contributed by atoms with E-state index in [1.54, 1.807) is 20.0 Å². The Kier molecular flexibility index (Phi) is 4.35. The number of carbonyl (C=O) groups excluding carboxylic acids is 1. The highest BCUT2D eigenvalue weighted by atomic mass is 19.3. The quantitative estimate of drug-likeness (QED) is 0.794. The van der Waals surface area contributed by atoms with Gasteiger partial charge in [-0.05, 0) is 19.4 Å². The molecule has 0 atom stereocenters. The SMILES string of the molecule is CCOC(=O)c1oc(-c2cc(CC)nn2C)nc1C(F)F. The Balaban J connectivity index is 2.48. The van der Waals surface area contributed by atoms with Crippen LogP contribution in [0.1, 0.15) is 42.2 Å². The lowest BCUT2D eigenvalue weighted by molar-refractivity contribution is 0.0476. The van der Waals surface area contributed by atoms with E-state index in [2.05, 4.69) is 10.1 Å². The van der Waals surface area contributed by atoms with Gasteiger partial charge < -0.3 is 9.15 Å². The van der Waals surface area contributed by atoms with Crippen molar-refractivity contribution in [2.24, 2.45) is 7.05 Å². The molecule has 2 rings (SSSR count). The van der Waals surface area contributed by atoms with Gasteiger partial charge in [0, 0.05) is 7.05 Å². The van der Waals surface area contributed by atoms with Crippen LogP contribution in [0.3, 0.4) is 0 Å². The number of aryl methyl sites for hydroxylation is 2. The molecular formula is C13H15F2N3O3. The van der Waals surface area contributed by atoms with Crippen LogP contribution in [-0.2, 0) is 18.2 Å². The van der Waals surface area contributed by atoms with Crippen molar-refractivity contribution in [3.8, 4) is 11.6 Å². The molecule has 114 valence electrons. The highest BCUT2D eigenvalue weighted by Gasteiger charge is 2.29. The second-order valence-corrected chi connectivity index (χ2v) is 4.25. The van der Waals surface area contributed by atoms with Crippen molar-refractivity contribution in [3.05, 3.63) is 23.2 Å². The van der Waals surface area contributed by atoms with Gasteiger partial charge in [0.15, 0.2) is 5.69 Å². The number of ether oxygens (including phenoxy) is 1. The molecule has 0 radical (unpaired) electrons. The highest BCUT2D eigenvalue weighted by molar-refractivity contribution is 5.88. The van der Waals surface area contributed by atoms with Crippen LogP contribution in [0, 0.1) is 0 Å². The van der Waals surface area contributed by atoms with Gasteiger partial charge in [0.25, 0.3) is 6.43 Å². The van der Waals surface area contributed by atoms with Crippen LogP contribution >= 0.6 is 0 Å². The van der Waals surface area contributed by atoms with Crippen molar-refractivity contribution in [3.63, 3.8) is 0 Å². The smallest absolute Gasteiger partial charge is 0.376 e. The number of hydrogen-bond acceptors (Lipinski definition) is 5. The van der Waals surface area contributed by atoms with Crippen LogP contribution < -0.4 is 0 Å². The van der Waals surface area contributed by atoms with Gasteiger partial charge in [-0.25, -0.2) is 18.6 Å². The van der Waals surface area contributed by atoms with Gasteiger partial charge >= 0.3 is 5.97 Å². The number of oxazole rings is 1. The van der Waals surface area contributed by atoms with Crippen LogP contribution in [0.5, 0.6) is 0 Å². The zero-order chi connectivity index (χ0) is 15.6. The van der Waals surface area contributed by atoms with Gasteiger partial charge in [-0.3, -0.25) is 4.68 Å². The van der Waals surface area contributed by atoms with E-state index < -0.39 is 23.8 Å². The Morgan fingerprint density at radius 1 is 1.48 bits per heavy atom. The molecule has 2 aromatic rings. The van der Waals surface area contributed by atoms with E-state index in [0.29, 0.717) is 12.1 Å². The summed E-state index contributed by atoms with van der Waals surface area (Å²) in [6.07, 6.45) is -2.25. The summed E-state index contributed by atoms with van der Waals surface area (Å²) in [5.41, 5.74) is 0.467. The fourth-order valence-corrected chi connectivity index (χ4v) is 1.83. The monoisotopic (exact) mass is 299 g/mol. The molecule has 0 saturated carbocycles. The third-order valence-corrected chi connectivity index (χ3v) is 2.83. The van der Waals surface area contributed by atoms with Gasteiger partial charge in [-0.15, -0.1) is 0 Å². The first-order valence-corrected chi connectivity index (χ1v) is 6.47. The average molecular weight is 299 g/mol. The Hall–Kier alpha value is -2.25. The number of halogens is 2. The Bertz CT molecular complexity index is 649. The first kappa shape index (κ1) is 15.1. The van der Waals surface area contributed by atoms with Crippen molar-refractivity contribution in [1.82, 2.24) is 14.8 Å². The van der Waals surface area contributed by atoms with E-state index in [-0.39, 0.29) is 12.5 Å². The summed E-state index contributed by atoms with van der Waals surface area (Å²) in [7, 11) is 1.64. The highest BCUT2D eigenvalue weighted by Crippen LogP contribution is 2.29. The maximum atomic E-state index is 13.0. The first-order valence-electron chi connectivity index (χ1n) is 6.47. The molecule has 0 bridgehead atoms. The minimum atomic E-state index is -2.93. The van der Waals surface area contributed by atoms with Gasteiger partial charge in [-0.1, -0.05) is 6.92 Å². The van der Waals surface area contributed by atoms with Crippen LogP contribution in [0.15, 0.2) is 10.5 Å². The topological polar surface area (TPSA) is 70.2 Å². The minimum Gasteiger partial charge on any atom is -0.460 e. The van der Waals surface area contributed by atoms with E-state index in [9.17, 15) is 13.6 Å². The second kappa shape index (κ2) is 6.02. The molecule has 8 heteroatoms. The van der Waals surface area contributed by atoms with Gasteiger partial charge in [-0.2, -0.15) is 5.10 Å². The molecule has 0 saturated heterocycles. The van der Waals surface area contributed by atoms with E-state index in [1.807, 2.05) is 6.92 Å². The van der Waals surface area contributed by atoms with Crippen LogP contribution in [0.4, 0.5) is 8.78 Å². The van der Waals surface area contributed by atoms with Crippen molar-refractivity contribution in [2.45, 2.75) is 26.7 Å². The molecule has 0 aromatic carbocycles. The standard InChI is InChI=1S/C13H15F2N3O3/c1-4-7-6-8(18(3)17-7)12-16-9(11(14)15)10(21-12)13(19)20-5-2/h6,11H,4-5H2,1-3H3. The molecular weight excluding hydrogens is 284 g/mol. The third-order valence-electron chi connectivity index (χ3n) is 2.83. The van der Waals surface area contributed by atoms with Crippen molar-refractivity contribution in [1.29, 1.82) is 0 Å². The molecule has 0 unspecified atom stereocenters. The Morgan fingerprint density at radius 2 is 2.19 bits per heavy atom. The maximum Gasteiger partial charge on any atom is 0.376 e. The lowest BCUT2D eigenvalue weighted by Crippen LogP contribution is -2.06. The number of nitrogens with zero attached hydrogens (tertiary/aromatic N) is 3. The summed E-state index contributed by atoms with van der Waals surface area (Å²) in [6.45, 7) is 3.55. The number of aromatic nitrogens is 3. The predicted octanol–water partition coefficient (Wildman–Crippen LogP) is 2.75. The number of esters is 1. The van der Waals surface area contributed by atoms with E-state index in [0.717, 1.165) is 5.69 Å². The molecule has 2 heterocycles. The van der Waals surface area contributed by atoms with Crippen LogP contribution in [0.25, 0.3) is 11.6 Å². The third kappa shape index (κ3) is 2.93. The summed E-state index contributed by atoms with van der Waals surface area (Å²) in [5, 5.41) is 4.18. The van der Waals surface area contributed by atoms with E-state index in [4.69, 9.17) is 9.15 Å². The molecule has 0 amide bonds. The average Bonchev–Trinajstić information content (AvgIpc) is 3.02. The fraction of sp³-hybridized carbons (Fsp3) is 0.462. The first-order chi connectivity index (χ1) is 9.97. The molecule has 0 aliphatic carbocycles. The van der Waals surface area contributed by atoms with Gasteiger partial charge in [0.05, 0.1) is 12.3 Å². The molecule has 6 nitrogen and oxygen atoms in total. The summed E-state index contributed by atoms with van der Waals surface area (Å²) < 4.78 is 37.3. The largest absolute Gasteiger partial charge is 0.460 e. The Morgan fingerprint density at radius 3 is 2.71 bits per heavy atom. The number of rotatable bonds is 5. The summed E-state index contributed by atoms with van der Waals surface area (Å²) in [5.74, 6) is -1.60. The zero-order valence-electron chi connectivity index (χ0n) is 11.9. The molecule has 0 spiro atoms. The number of hydrogen-bond donors (Lipinski definition) is 0. The lowest BCUT2D eigenvalue weighted by atomic mass is 10.3. The molecule has 0 fully saturated rings. The summed E-state index contributed by atoms with van der Waals surface area (Å²) in [4.78, 5) is 15.4. The molecule has 2 aromatic heterocycles. The number of alkyl halides is 2. The van der Waals surface area contributed by atoms with Gasteiger partial charge in [0.2, 0.25) is 11.7 Å². The van der Waals surface area contributed by atoms with Crippen LogP contribution in [-0.4, -0.2) is 27.3 Å². The Labute approximate surface area is 119 Å². The second-order valence-electron chi connectivity index (χ2n) is 4.25.